The molecular formula is C24H29N3O5. The molecule has 2 aromatic rings. The van der Waals surface area contributed by atoms with E-state index in [9.17, 15) is 14.4 Å². The number of amides is 3. The predicted octanol–water partition coefficient (Wildman–Crippen LogP) is 3.09. The van der Waals surface area contributed by atoms with Gasteiger partial charge in [0.15, 0.2) is 23.4 Å². The van der Waals surface area contributed by atoms with E-state index in [1.165, 1.54) is 0 Å². The molecule has 32 heavy (non-hydrogen) atoms. The summed E-state index contributed by atoms with van der Waals surface area (Å²) in [5, 5.41) is 2.69. The van der Waals surface area contributed by atoms with E-state index in [4.69, 9.17) is 9.47 Å². The van der Waals surface area contributed by atoms with Crippen molar-refractivity contribution in [2.24, 2.45) is 5.92 Å². The van der Waals surface area contributed by atoms with Crippen LogP contribution in [0.2, 0.25) is 0 Å². The number of carbonyl (C=O) groups is 3. The van der Waals surface area contributed by atoms with Crippen molar-refractivity contribution in [3.8, 4) is 11.5 Å². The van der Waals surface area contributed by atoms with Crippen LogP contribution in [-0.4, -0.2) is 52.5 Å². The number of ketones is 1. The molecule has 8 heteroatoms. The molecule has 0 spiro atoms. The maximum Gasteiger partial charge on any atom is 0.325 e. The van der Waals surface area contributed by atoms with Gasteiger partial charge >= 0.3 is 6.03 Å². The highest BCUT2D eigenvalue weighted by atomic mass is 16.6. The fourth-order valence-corrected chi connectivity index (χ4v) is 4.31. The number of carbonyl (C=O) groups excluding carboxylic acids is 3. The molecule has 1 aromatic heterocycles. The number of imide groups is 1. The zero-order valence-electron chi connectivity index (χ0n) is 18.9. The van der Waals surface area contributed by atoms with Gasteiger partial charge in [0.1, 0.15) is 12.6 Å². The zero-order chi connectivity index (χ0) is 23.0. The molecule has 1 N–H and O–H groups in total. The molecule has 0 unspecified atom stereocenters. The number of nitrogens with zero attached hydrogens (tertiary/aromatic N) is 2. The molecule has 2 atom stereocenters. The number of benzene rings is 1. The summed E-state index contributed by atoms with van der Waals surface area (Å²) in [6.45, 7) is 8.44. The summed E-state index contributed by atoms with van der Waals surface area (Å²) >= 11 is 0. The topological polar surface area (TPSA) is 89.9 Å². The van der Waals surface area contributed by atoms with Crippen LogP contribution in [0.1, 0.15) is 42.0 Å². The average Bonchev–Trinajstić information content (AvgIpc) is 3.18. The van der Waals surface area contributed by atoms with Gasteiger partial charge in [-0.3, -0.25) is 14.5 Å². The van der Waals surface area contributed by atoms with Crippen LogP contribution in [0.4, 0.5) is 4.79 Å². The van der Waals surface area contributed by atoms with E-state index >= 15 is 0 Å². The Bertz CT molecular complexity index is 1060. The number of para-hydroxylation sites is 2. The number of aryl methyl sites for hydroxylation is 1. The average molecular weight is 440 g/mol. The molecule has 170 valence electrons. The molecular weight excluding hydrogens is 410 g/mol. The maximum atomic E-state index is 13.0. The van der Waals surface area contributed by atoms with Crippen molar-refractivity contribution in [1.82, 2.24) is 14.8 Å². The highest BCUT2D eigenvalue weighted by Gasteiger charge is 2.39. The first kappa shape index (κ1) is 21.9. The number of aromatic nitrogens is 1. The lowest BCUT2D eigenvalue weighted by molar-refractivity contribution is -0.127. The Balaban J connectivity index is 1.45. The number of urea groups is 1. The Morgan fingerprint density at radius 2 is 1.91 bits per heavy atom. The number of hydrogen-bond acceptors (Lipinski definition) is 5. The van der Waals surface area contributed by atoms with Crippen LogP contribution in [0.5, 0.6) is 11.5 Å². The summed E-state index contributed by atoms with van der Waals surface area (Å²) in [6, 6.07) is 8.28. The first-order valence-electron chi connectivity index (χ1n) is 10.9. The fraction of sp³-hybridized carbons (Fsp3) is 0.458. The van der Waals surface area contributed by atoms with Gasteiger partial charge in [-0.25, -0.2) is 4.79 Å². The minimum atomic E-state index is -0.561. The molecule has 0 saturated carbocycles. The van der Waals surface area contributed by atoms with E-state index in [1.807, 2.05) is 56.5 Å². The second-order valence-corrected chi connectivity index (χ2v) is 8.87. The lowest BCUT2D eigenvalue weighted by atomic mass is 10.0. The molecule has 0 radical (unpaired) electrons. The van der Waals surface area contributed by atoms with Crippen LogP contribution >= 0.6 is 0 Å². The van der Waals surface area contributed by atoms with Gasteiger partial charge < -0.3 is 19.4 Å². The summed E-state index contributed by atoms with van der Waals surface area (Å²) in [5.41, 5.74) is 2.19. The highest BCUT2D eigenvalue weighted by molar-refractivity contribution is 6.09. The van der Waals surface area contributed by atoms with Crippen LogP contribution in [0.25, 0.3) is 0 Å². The third-order valence-corrected chi connectivity index (χ3v) is 5.94. The minimum Gasteiger partial charge on any atom is -0.486 e. The quantitative estimate of drug-likeness (QED) is 0.529. The van der Waals surface area contributed by atoms with Gasteiger partial charge in [0.25, 0.3) is 5.91 Å². The van der Waals surface area contributed by atoms with Crippen molar-refractivity contribution in [3.63, 3.8) is 0 Å². The van der Waals surface area contributed by atoms with Crippen molar-refractivity contribution in [3.05, 3.63) is 47.3 Å². The predicted molar refractivity (Wildman–Crippen MR) is 118 cm³/mol. The molecule has 3 amide bonds. The summed E-state index contributed by atoms with van der Waals surface area (Å²) in [6.07, 6.45) is 0.358. The van der Waals surface area contributed by atoms with Crippen LogP contribution in [0.3, 0.4) is 0 Å². The molecule has 1 fully saturated rings. The number of ether oxygens (including phenoxy) is 2. The highest BCUT2D eigenvalue weighted by Crippen LogP contribution is 2.31. The largest absolute Gasteiger partial charge is 0.486 e. The van der Waals surface area contributed by atoms with E-state index in [-0.39, 0.29) is 30.3 Å². The van der Waals surface area contributed by atoms with Crippen LogP contribution < -0.4 is 14.8 Å². The Labute approximate surface area is 187 Å². The lowest BCUT2D eigenvalue weighted by Gasteiger charge is -2.27. The second-order valence-electron chi connectivity index (χ2n) is 8.87. The number of hydrogen-bond donors (Lipinski definition) is 1. The first-order chi connectivity index (χ1) is 15.2. The molecule has 0 aliphatic carbocycles. The van der Waals surface area contributed by atoms with Gasteiger partial charge in [0.2, 0.25) is 0 Å². The van der Waals surface area contributed by atoms with Crippen molar-refractivity contribution < 1.29 is 23.9 Å². The first-order valence-corrected chi connectivity index (χ1v) is 10.9. The molecule has 2 aliphatic heterocycles. The SMILES string of the molecule is Cc1cc(C(=O)CN2C(=O)N[C@@H](CC(C)C)C2=O)c(C)n1C[C@H]1COc2ccccc2O1. The number of nitrogens with one attached hydrogen (secondary N) is 1. The molecule has 1 aromatic carbocycles. The fourth-order valence-electron chi connectivity index (χ4n) is 4.31. The smallest absolute Gasteiger partial charge is 0.325 e. The lowest BCUT2D eigenvalue weighted by Crippen LogP contribution is -2.36. The molecule has 2 aliphatic rings. The monoisotopic (exact) mass is 439 g/mol. The van der Waals surface area contributed by atoms with Crippen LogP contribution in [0, 0.1) is 19.8 Å². The minimum absolute atomic E-state index is 0.194. The number of fused-ring (bicyclic) bond motifs is 1. The molecule has 4 rings (SSSR count). The number of rotatable bonds is 7. The normalized spacial score (nSPS) is 20.1. The van der Waals surface area contributed by atoms with Gasteiger partial charge in [-0.1, -0.05) is 26.0 Å². The van der Waals surface area contributed by atoms with Crippen molar-refractivity contribution >= 4 is 17.7 Å². The second kappa shape index (κ2) is 8.68. The van der Waals surface area contributed by atoms with E-state index in [0.29, 0.717) is 30.9 Å². The third-order valence-electron chi connectivity index (χ3n) is 5.94. The van der Waals surface area contributed by atoms with Gasteiger partial charge in [-0.05, 0) is 44.4 Å². The molecule has 0 bridgehead atoms. The Hall–Kier alpha value is -3.29. The Kier molecular flexibility index (Phi) is 5.95. The van der Waals surface area contributed by atoms with Crippen LogP contribution in [-0.2, 0) is 11.3 Å². The summed E-state index contributed by atoms with van der Waals surface area (Å²) in [5.74, 6) is 1.10. The third kappa shape index (κ3) is 4.22. The van der Waals surface area contributed by atoms with Gasteiger partial charge in [0, 0.05) is 17.0 Å². The molecule has 1 saturated heterocycles. The Morgan fingerprint density at radius 3 is 2.62 bits per heavy atom. The van der Waals surface area contributed by atoms with Crippen molar-refractivity contribution in [1.29, 1.82) is 0 Å². The van der Waals surface area contributed by atoms with E-state index in [2.05, 4.69) is 5.32 Å². The molecule has 8 nitrogen and oxygen atoms in total. The standard InChI is InChI=1S/C24H29N3O5/c1-14(2)9-19-23(29)27(24(30)25-19)12-20(28)18-10-15(3)26(16(18)4)11-17-13-31-21-7-5-6-8-22(21)32-17/h5-8,10,14,17,19H,9,11-13H2,1-4H3,(H,25,30)/t17-,19-/m0/s1. The summed E-state index contributed by atoms with van der Waals surface area (Å²) in [7, 11) is 0. The van der Waals surface area contributed by atoms with E-state index < -0.39 is 12.1 Å². The van der Waals surface area contributed by atoms with Crippen molar-refractivity contribution in [2.45, 2.75) is 52.8 Å². The van der Waals surface area contributed by atoms with Gasteiger partial charge in [-0.2, -0.15) is 0 Å². The van der Waals surface area contributed by atoms with Gasteiger partial charge in [0.05, 0.1) is 13.1 Å². The molecule has 3 heterocycles. The van der Waals surface area contributed by atoms with Gasteiger partial charge in [-0.15, -0.1) is 0 Å². The Morgan fingerprint density at radius 1 is 1.19 bits per heavy atom. The zero-order valence-corrected chi connectivity index (χ0v) is 18.9. The van der Waals surface area contributed by atoms with Crippen molar-refractivity contribution in [2.75, 3.05) is 13.2 Å². The summed E-state index contributed by atoms with van der Waals surface area (Å²) in [4.78, 5) is 38.9. The number of Topliss-reactive ketones (excluding diaryl/α,β-unsaturated/α-hetero) is 1. The van der Waals surface area contributed by atoms with Crippen LogP contribution in [0.15, 0.2) is 30.3 Å². The van der Waals surface area contributed by atoms with E-state index in [1.54, 1.807) is 6.07 Å². The summed E-state index contributed by atoms with van der Waals surface area (Å²) < 4.78 is 13.9. The maximum absolute atomic E-state index is 13.0. The van der Waals surface area contributed by atoms with E-state index in [0.717, 1.165) is 22.0 Å².